The second-order valence-electron chi connectivity index (χ2n) is 4.16. The van der Waals surface area contributed by atoms with E-state index in [1.54, 1.807) is 0 Å². The van der Waals surface area contributed by atoms with Crippen molar-refractivity contribution >= 4 is 11.2 Å². The molecular formula is C10H12N4O5. The predicted molar refractivity (Wildman–Crippen MR) is 61.2 cm³/mol. The normalized spacial score (nSPS) is 32.6. The Morgan fingerprint density at radius 1 is 1.47 bits per heavy atom. The zero-order valence-electron chi connectivity index (χ0n) is 11.5. The van der Waals surface area contributed by atoms with Crippen LogP contribution in [0.5, 0.6) is 0 Å². The van der Waals surface area contributed by atoms with Crippen molar-refractivity contribution in [2.75, 3.05) is 6.61 Å². The quantitative estimate of drug-likeness (QED) is 0.483. The SMILES string of the molecule is [2H]c1nc2c(nc([2H])n2[C@@H]2O[C@H](CO)C(O)C2O)c(=O)[nH]1. The molecule has 0 aliphatic carbocycles. The number of aromatic nitrogens is 4. The minimum atomic E-state index is -1.43. The Balaban J connectivity index is 2.17. The number of H-pyrrole nitrogens is 1. The molecular weight excluding hydrogens is 256 g/mol. The van der Waals surface area contributed by atoms with Crippen molar-refractivity contribution in [1.29, 1.82) is 0 Å². The van der Waals surface area contributed by atoms with Gasteiger partial charge >= 0.3 is 0 Å². The second-order valence-corrected chi connectivity index (χ2v) is 4.16. The average molecular weight is 270 g/mol. The number of imidazole rings is 1. The van der Waals surface area contributed by atoms with Crippen molar-refractivity contribution in [3.05, 3.63) is 23.0 Å². The van der Waals surface area contributed by atoms with E-state index in [0.717, 1.165) is 4.57 Å². The van der Waals surface area contributed by atoms with E-state index in [1.807, 2.05) is 0 Å². The van der Waals surface area contributed by atoms with Crippen molar-refractivity contribution in [3.8, 4) is 0 Å². The van der Waals surface area contributed by atoms with Crippen LogP contribution in [0.1, 0.15) is 8.97 Å². The maximum atomic E-state index is 11.7. The Morgan fingerprint density at radius 2 is 2.26 bits per heavy atom. The molecule has 0 amide bonds. The highest BCUT2D eigenvalue weighted by Gasteiger charge is 2.43. The summed E-state index contributed by atoms with van der Waals surface area (Å²) in [5.41, 5.74) is -0.971. The molecule has 1 aliphatic rings. The fourth-order valence-corrected chi connectivity index (χ4v) is 2.04. The summed E-state index contributed by atoms with van der Waals surface area (Å²) >= 11 is 0. The molecule has 1 aliphatic heterocycles. The lowest BCUT2D eigenvalue weighted by atomic mass is 10.1. The van der Waals surface area contributed by atoms with E-state index in [9.17, 15) is 15.0 Å². The molecule has 9 nitrogen and oxygen atoms in total. The number of nitrogens with one attached hydrogen (secondary N) is 1. The summed E-state index contributed by atoms with van der Waals surface area (Å²) in [6.07, 6.45) is -5.89. The standard InChI is InChI=1S/C10H12N4O5/c15-1-4-6(16)7(17)10(19-4)14-3-13-5-8(14)11-2-12-9(5)18/h2-4,6-7,10,15-17H,1H2,(H,11,12,18)/t4-,6?,7?,10-/m1/s1/i2D,3D. The molecule has 0 spiro atoms. The molecule has 2 aromatic rings. The smallest absolute Gasteiger partial charge is 0.278 e. The molecule has 3 rings (SSSR count). The lowest BCUT2D eigenvalue weighted by molar-refractivity contribution is -0.0511. The van der Waals surface area contributed by atoms with E-state index in [2.05, 4.69) is 15.0 Å². The van der Waals surface area contributed by atoms with Crippen LogP contribution in [0.2, 0.25) is 0 Å². The van der Waals surface area contributed by atoms with Crippen LogP contribution in [-0.2, 0) is 4.74 Å². The number of nitrogens with zero attached hydrogens (tertiary/aromatic N) is 3. The van der Waals surface area contributed by atoms with Gasteiger partial charge in [-0.25, -0.2) is 9.97 Å². The van der Waals surface area contributed by atoms with E-state index < -0.39 is 49.3 Å². The molecule has 0 radical (unpaired) electrons. The Labute approximate surface area is 108 Å². The monoisotopic (exact) mass is 270 g/mol. The lowest BCUT2D eigenvalue weighted by Crippen LogP contribution is -2.33. The van der Waals surface area contributed by atoms with Crippen molar-refractivity contribution in [1.82, 2.24) is 19.5 Å². The van der Waals surface area contributed by atoms with Gasteiger partial charge in [-0.3, -0.25) is 9.36 Å². The van der Waals surface area contributed by atoms with Crippen molar-refractivity contribution in [2.24, 2.45) is 0 Å². The van der Waals surface area contributed by atoms with Gasteiger partial charge in [0.15, 0.2) is 17.4 Å². The summed E-state index contributed by atoms with van der Waals surface area (Å²) in [6, 6.07) is 0. The summed E-state index contributed by atoms with van der Waals surface area (Å²) < 4.78 is 21.5. The van der Waals surface area contributed by atoms with Crippen LogP contribution < -0.4 is 5.56 Å². The van der Waals surface area contributed by atoms with Crippen LogP contribution in [-0.4, -0.2) is 59.8 Å². The van der Waals surface area contributed by atoms with Crippen LogP contribution in [0.15, 0.2) is 17.4 Å². The molecule has 1 fully saturated rings. The van der Waals surface area contributed by atoms with Crippen LogP contribution in [0.25, 0.3) is 11.2 Å². The fourth-order valence-electron chi connectivity index (χ4n) is 2.04. The maximum absolute atomic E-state index is 11.7. The molecule has 2 unspecified atom stereocenters. The van der Waals surface area contributed by atoms with Gasteiger partial charge in [-0.15, -0.1) is 0 Å². The van der Waals surface area contributed by atoms with Gasteiger partial charge < -0.3 is 25.0 Å². The maximum Gasteiger partial charge on any atom is 0.278 e. The molecule has 9 heteroatoms. The summed E-state index contributed by atoms with van der Waals surface area (Å²) in [7, 11) is 0. The van der Waals surface area contributed by atoms with E-state index in [0.29, 0.717) is 0 Å². The predicted octanol–water partition coefficient (Wildman–Crippen LogP) is -2.27. The molecule has 4 N–H and O–H groups in total. The third-order valence-corrected chi connectivity index (χ3v) is 3.03. The van der Waals surface area contributed by atoms with Crippen LogP contribution >= 0.6 is 0 Å². The summed E-state index contributed by atoms with van der Waals surface area (Å²) in [5, 5.41) is 28.8. The second kappa shape index (κ2) is 4.38. The van der Waals surface area contributed by atoms with Crippen LogP contribution in [0.4, 0.5) is 0 Å². The molecule has 0 bridgehead atoms. The van der Waals surface area contributed by atoms with Crippen LogP contribution in [0, 0.1) is 0 Å². The van der Waals surface area contributed by atoms with E-state index in [-0.39, 0.29) is 11.2 Å². The van der Waals surface area contributed by atoms with E-state index in [4.69, 9.17) is 12.6 Å². The van der Waals surface area contributed by atoms with E-state index >= 15 is 0 Å². The minimum absolute atomic E-state index is 0.108. The van der Waals surface area contributed by atoms with Gasteiger partial charge in [0.2, 0.25) is 0 Å². The number of fused-ring (bicyclic) bond motifs is 1. The first-order chi connectivity index (χ1) is 9.93. The third-order valence-electron chi connectivity index (χ3n) is 3.03. The zero-order chi connectivity index (χ0) is 15.3. The Morgan fingerprint density at radius 3 is 2.95 bits per heavy atom. The highest BCUT2D eigenvalue weighted by molar-refractivity contribution is 5.68. The number of rotatable bonds is 2. The Kier molecular flexibility index (Phi) is 2.32. The molecule has 0 aromatic carbocycles. The first kappa shape index (κ1) is 10.0. The fraction of sp³-hybridized carbons (Fsp3) is 0.500. The zero-order valence-corrected chi connectivity index (χ0v) is 9.52. The van der Waals surface area contributed by atoms with Crippen molar-refractivity contribution in [3.63, 3.8) is 0 Å². The minimum Gasteiger partial charge on any atom is -0.394 e. The molecule has 0 saturated carbocycles. The molecule has 4 atom stereocenters. The van der Waals surface area contributed by atoms with Gasteiger partial charge in [0.25, 0.3) is 5.56 Å². The Bertz CT molecular complexity index is 747. The summed E-state index contributed by atoms with van der Waals surface area (Å²) in [4.78, 5) is 21.3. The number of aromatic amines is 1. The topological polar surface area (TPSA) is 133 Å². The summed E-state index contributed by atoms with van der Waals surface area (Å²) in [5.74, 6) is 0. The molecule has 102 valence electrons. The van der Waals surface area contributed by atoms with Crippen molar-refractivity contribution < 1.29 is 22.8 Å². The molecule has 2 aromatic heterocycles. The van der Waals surface area contributed by atoms with Crippen molar-refractivity contribution in [2.45, 2.75) is 24.5 Å². The van der Waals surface area contributed by atoms with Gasteiger partial charge in [-0.1, -0.05) is 0 Å². The number of hydrogen-bond donors (Lipinski definition) is 4. The van der Waals surface area contributed by atoms with Gasteiger partial charge in [0.05, 0.1) is 19.2 Å². The lowest BCUT2D eigenvalue weighted by Gasteiger charge is -2.16. The first-order valence-corrected chi connectivity index (χ1v) is 5.52. The van der Waals surface area contributed by atoms with Gasteiger partial charge in [0.1, 0.15) is 21.1 Å². The summed E-state index contributed by atoms with van der Waals surface area (Å²) in [6.45, 7) is -0.521. The third kappa shape index (κ3) is 1.75. The van der Waals surface area contributed by atoms with Gasteiger partial charge in [-0.05, 0) is 0 Å². The number of aliphatic hydroxyl groups excluding tert-OH is 3. The Hall–Kier alpha value is -1.81. The van der Waals surface area contributed by atoms with Gasteiger partial charge in [0, 0.05) is 0 Å². The van der Waals surface area contributed by atoms with Crippen LogP contribution in [0.3, 0.4) is 0 Å². The highest BCUT2D eigenvalue weighted by atomic mass is 16.6. The van der Waals surface area contributed by atoms with E-state index in [1.165, 1.54) is 0 Å². The first-order valence-electron chi connectivity index (χ1n) is 6.52. The molecule has 1 saturated heterocycles. The number of hydrogen-bond acceptors (Lipinski definition) is 7. The average Bonchev–Trinajstić information content (AvgIpc) is 2.89. The number of ether oxygens (including phenoxy) is 1. The number of aliphatic hydroxyl groups is 3. The largest absolute Gasteiger partial charge is 0.394 e. The van der Waals surface area contributed by atoms with Gasteiger partial charge in [-0.2, -0.15) is 0 Å². The molecule has 3 heterocycles. The highest BCUT2D eigenvalue weighted by Crippen LogP contribution is 2.30. The molecule has 19 heavy (non-hydrogen) atoms.